The van der Waals surface area contributed by atoms with Gasteiger partial charge in [0.1, 0.15) is 5.75 Å². The molecule has 0 aromatic heterocycles. The van der Waals surface area contributed by atoms with Crippen LogP contribution in [0.4, 0.5) is 0 Å². The number of carbonyl (C=O) groups excluding carboxylic acids is 2. The van der Waals surface area contributed by atoms with Gasteiger partial charge in [-0.1, -0.05) is 42.5 Å². The quantitative estimate of drug-likeness (QED) is 0.467. The van der Waals surface area contributed by atoms with Crippen molar-refractivity contribution in [3.8, 4) is 5.75 Å². The number of methoxy groups -OCH3 is 1. The molecule has 7 heteroatoms. The number of piperidine rings is 2. The van der Waals surface area contributed by atoms with Crippen LogP contribution in [0.2, 0.25) is 0 Å². The van der Waals surface area contributed by atoms with Crippen molar-refractivity contribution in [1.82, 2.24) is 14.7 Å². The molecule has 5 rings (SSSR count). The van der Waals surface area contributed by atoms with Gasteiger partial charge in [0.2, 0.25) is 11.8 Å². The molecule has 206 valence electrons. The van der Waals surface area contributed by atoms with E-state index in [4.69, 9.17) is 4.74 Å². The maximum absolute atomic E-state index is 13.5. The van der Waals surface area contributed by atoms with E-state index in [1.54, 1.807) is 7.11 Å². The van der Waals surface area contributed by atoms with Crippen LogP contribution in [0.5, 0.6) is 5.75 Å². The first-order valence-electron chi connectivity index (χ1n) is 14.1. The SMILES string of the molecule is COc1ccc(CN2CCC3(CCN(CCC(C(=O)N4CCCCC4)c4ccccc4)CC3)C2=O)cc1.Cl. The van der Waals surface area contributed by atoms with Crippen molar-refractivity contribution in [3.05, 3.63) is 65.7 Å². The van der Waals surface area contributed by atoms with Crippen molar-refractivity contribution >= 4 is 24.2 Å². The predicted molar refractivity (Wildman–Crippen MR) is 153 cm³/mol. The summed E-state index contributed by atoms with van der Waals surface area (Å²) in [5.74, 6) is 1.38. The van der Waals surface area contributed by atoms with Crippen molar-refractivity contribution in [2.45, 2.75) is 57.4 Å². The first kappa shape index (κ1) is 28.4. The van der Waals surface area contributed by atoms with E-state index in [0.717, 1.165) is 94.7 Å². The Balaban J connectivity index is 0.00000336. The third-order valence-corrected chi connectivity index (χ3v) is 8.85. The Morgan fingerprint density at radius 2 is 1.55 bits per heavy atom. The van der Waals surface area contributed by atoms with Crippen LogP contribution in [0.1, 0.15) is 62.0 Å². The van der Waals surface area contributed by atoms with E-state index in [9.17, 15) is 9.59 Å². The molecule has 2 aromatic rings. The number of nitrogens with zero attached hydrogens (tertiary/aromatic N) is 3. The Hall–Kier alpha value is -2.57. The van der Waals surface area contributed by atoms with Crippen molar-refractivity contribution in [2.75, 3.05) is 46.4 Å². The molecule has 2 amide bonds. The van der Waals surface area contributed by atoms with Crippen LogP contribution in [-0.4, -0.2) is 72.9 Å². The molecule has 3 aliphatic heterocycles. The van der Waals surface area contributed by atoms with Crippen LogP contribution in [-0.2, 0) is 16.1 Å². The van der Waals surface area contributed by atoms with E-state index in [2.05, 4.69) is 21.9 Å². The third kappa shape index (κ3) is 6.35. The minimum absolute atomic E-state index is 0. The standard InChI is InChI=1S/C31H41N3O3.ClH/c1-37-27-12-10-25(11-13-27)24-34-23-17-31(30(34)36)15-21-32(22-16-31)20-14-28(26-8-4-2-5-9-26)29(35)33-18-6-3-7-19-33;/h2,4-5,8-13,28H,3,6-7,14-24H2,1H3;1H. The lowest BCUT2D eigenvalue weighted by molar-refractivity contribution is -0.138. The number of amides is 2. The van der Waals surface area contributed by atoms with Gasteiger partial charge >= 0.3 is 0 Å². The van der Waals surface area contributed by atoms with Crippen molar-refractivity contribution in [1.29, 1.82) is 0 Å². The summed E-state index contributed by atoms with van der Waals surface area (Å²) >= 11 is 0. The normalized spacial score (nSPS) is 20.3. The summed E-state index contributed by atoms with van der Waals surface area (Å²) < 4.78 is 5.26. The van der Waals surface area contributed by atoms with Crippen LogP contribution in [0.15, 0.2) is 54.6 Å². The first-order valence-corrected chi connectivity index (χ1v) is 14.1. The van der Waals surface area contributed by atoms with Gasteiger partial charge in [-0.15, -0.1) is 12.4 Å². The zero-order valence-corrected chi connectivity index (χ0v) is 23.5. The molecular formula is C31H42ClN3O3. The van der Waals surface area contributed by atoms with Crippen molar-refractivity contribution in [3.63, 3.8) is 0 Å². The average Bonchev–Trinajstić information content (AvgIpc) is 3.25. The molecule has 3 fully saturated rings. The molecule has 0 N–H and O–H groups in total. The summed E-state index contributed by atoms with van der Waals surface area (Å²) in [6, 6.07) is 18.3. The first-order chi connectivity index (χ1) is 18.1. The van der Waals surface area contributed by atoms with Gasteiger partial charge in [-0.3, -0.25) is 9.59 Å². The van der Waals surface area contributed by atoms with E-state index in [-0.39, 0.29) is 23.7 Å². The molecular weight excluding hydrogens is 498 g/mol. The predicted octanol–water partition coefficient (Wildman–Crippen LogP) is 5.12. The van der Waals surface area contributed by atoms with Crippen LogP contribution in [0, 0.1) is 5.41 Å². The van der Waals surface area contributed by atoms with Gasteiger partial charge in [0, 0.05) is 26.2 Å². The Bertz CT molecular complexity index is 1050. The zero-order chi connectivity index (χ0) is 25.7. The Labute approximate surface area is 233 Å². The minimum atomic E-state index is -0.203. The van der Waals surface area contributed by atoms with E-state index in [1.165, 1.54) is 6.42 Å². The second-order valence-electron chi connectivity index (χ2n) is 11.1. The number of halogens is 1. The minimum Gasteiger partial charge on any atom is -0.497 e. The smallest absolute Gasteiger partial charge is 0.230 e. The molecule has 3 heterocycles. The maximum Gasteiger partial charge on any atom is 0.230 e. The number of benzene rings is 2. The molecule has 6 nitrogen and oxygen atoms in total. The lowest BCUT2D eigenvalue weighted by atomic mass is 9.77. The van der Waals surface area contributed by atoms with E-state index in [1.807, 2.05) is 47.4 Å². The number of carbonyl (C=O) groups is 2. The summed E-state index contributed by atoms with van der Waals surface area (Å²) in [6.45, 7) is 6.06. The molecule has 2 aromatic carbocycles. The summed E-state index contributed by atoms with van der Waals surface area (Å²) in [7, 11) is 1.67. The van der Waals surface area contributed by atoms with Crippen LogP contribution in [0.25, 0.3) is 0 Å². The van der Waals surface area contributed by atoms with Crippen LogP contribution in [0.3, 0.4) is 0 Å². The Morgan fingerprint density at radius 1 is 0.895 bits per heavy atom. The lowest BCUT2D eigenvalue weighted by Crippen LogP contribution is -2.45. The highest BCUT2D eigenvalue weighted by Crippen LogP contribution is 2.42. The fourth-order valence-corrected chi connectivity index (χ4v) is 6.43. The van der Waals surface area contributed by atoms with Crippen molar-refractivity contribution in [2.24, 2.45) is 5.41 Å². The molecule has 1 unspecified atom stereocenters. The average molecular weight is 540 g/mol. The number of likely N-dealkylation sites (tertiary alicyclic amines) is 3. The zero-order valence-electron chi connectivity index (χ0n) is 22.6. The molecule has 1 spiro atoms. The monoisotopic (exact) mass is 539 g/mol. The highest BCUT2D eigenvalue weighted by atomic mass is 35.5. The second-order valence-corrected chi connectivity index (χ2v) is 11.1. The second kappa shape index (κ2) is 13.0. The van der Waals surface area contributed by atoms with E-state index in [0.29, 0.717) is 18.4 Å². The summed E-state index contributed by atoms with van der Waals surface area (Å²) in [5, 5.41) is 0. The van der Waals surface area contributed by atoms with Gasteiger partial charge in [-0.2, -0.15) is 0 Å². The highest BCUT2D eigenvalue weighted by Gasteiger charge is 2.47. The molecule has 0 bridgehead atoms. The fraction of sp³-hybridized carbons (Fsp3) is 0.548. The molecule has 0 radical (unpaired) electrons. The van der Waals surface area contributed by atoms with Crippen LogP contribution < -0.4 is 4.74 Å². The third-order valence-electron chi connectivity index (χ3n) is 8.85. The fourth-order valence-electron chi connectivity index (χ4n) is 6.43. The van der Waals surface area contributed by atoms with Gasteiger partial charge < -0.3 is 19.4 Å². The molecule has 3 aliphatic rings. The summed E-state index contributed by atoms with van der Waals surface area (Å²) in [6.07, 6.45) is 7.09. The molecule has 3 saturated heterocycles. The van der Waals surface area contributed by atoms with Gasteiger partial charge in [-0.25, -0.2) is 0 Å². The summed E-state index contributed by atoms with van der Waals surface area (Å²) in [4.78, 5) is 33.6. The Morgan fingerprint density at radius 3 is 2.21 bits per heavy atom. The molecule has 38 heavy (non-hydrogen) atoms. The number of hydrogen-bond acceptors (Lipinski definition) is 4. The maximum atomic E-state index is 13.5. The highest BCUT2D eigenvalue weighted by molar-refractivity contribution is 5.86. The summed E-state index contributed by atoms with van der Waals surface area (Å²) in [5.41, 5.74) is 2.08. The van der Waals surface area contributed by atoms with Crippen LogP contribution >= 0.6 is 12.4 Å². The number of ether oxygens (including phenoxy) is 1. The van der Waals surface area contributed by atoms with Gasteiger partial charge in [0.25, 0.3) is 0 Å². The lowest BCUT2D eigenvalue weighted by Gasteiger charge is -2.38. The van der Waals surface area contributed by atoms with Crippen molar-refractivity contribution < 1.29 is 14.3 Å². The number of hydrogen-bond donors (Lipinski definition) is 0. The van der Waals surface area contributed by atoms with Gasteiger partial charge in [0.15, 0.2) is 0 Å². The Kier molecular flexibility index (Phi) is 9.72. The largest absolute Gasteiger partial charge is 0.497 e. The van der Waals surface area contributed by atoms with Gasteiger partial charge in [0.05, 0.1) is 18.4 Å². The molecule has 1 atom stereocenters. The molecule has 0 aliphatic carbocycles. The molecule has 0 saturated carbocycles. The number of rotatable bonds is 8. The van der Waals surface area contributed by atoms with E-state index >= 15 is 0 Å². The van der Waals surface area contributed by atoms with Gasteiger partial charge in [-0.05, 0) is 87.8 Å². The van der Waals surface area contributed by atoms with E-state index < -0.39 is 0 Å². The topological polar surface area (TPSA) is 53.1 Å².